The van der Waals surface area contributed by atoms with Crippen molar-refractivity contribution < 1.29 is 19.8 Å². The summed E-state index contributed by atoms with van der Waals surface area (Å²) in [5.74, 6) is -4.85. The molecule has 0 saturated carbocycles. The lowest BCUT2D eigenvalue weighted by molar-refractivity contribution is -0.328. The molecule has 0 heterocycles. The van der Waals surface area contributed by atoms with Gasteiger partial charge in [-0.25, -0.2) is 0 Å². The smallest absolute Gasteiger partial charge is 0.0457 e. The van der Waals surface area contributed by atoms with Crippen LogP contribution in [0.5, 0.6) is 0 Å². The maximum Gasteiger partial charge on any atom is 0.0457 e. The Labute approximate surface area is 82.2 Å². The van der Waals surface area contributed by atoms with Gasteiger partial charge in [0.2, 0.25) is 0 Å². The zero-order valence-electron chi connectivity index (χ0n) is 8.15. The number of carboxylic acids is 2. The molecular weight excluding hydrogens is 184 g/mol. The lowest BCUT2D eigenvalue weighted by atomic mass is 9.74. The molecular formula is C10H12O4-2. The van der Waals surface area contributed by atoms with Crippen LogP contribution in [0.2, 0.25) is 0 Å². The molecule has 0 aliphatic heterocycles. The second-order valence-corrected chi connectivity index (χ2v) is 3.85. The molecule has 14 heavy (non-hydrogen) atoms. The summed E-state index contributed by atoms with van der Waals surface area (Å²) in [6.45, 7) is 3.47. The fourth-order valence-electron chi connectivity index (χ4n) is 2.07. The van der Waals surface area contributed by atoms with Gasteiger partial charge in [0.05, 0.1) is 0 Å². The predicted molar refractivity (Wildman–Crippen MR) is 44.5 cm³/mol. The molecule has 0 amide bonds. The van der Waals surface area contributed by atoms with E-state index in [0.29, 0.717) is 0 Å². The Balaban J connectivity index is 2.98. The third-order valence-electron chi connectivity index (χ3n) is 2.66. The second-order valence-electron chi connectivity index (χ2n) is 3.85. The van der Waals surface area contributed by atoms with Gasteiger partial charge < -0.3 is 19.8 Å². The molecule has 4 heteroatoms. The van der Waals surface area contributed by atoms with Crippen LogP contribution in [-0.4, -0.2) is 11.9 Å². The average molecular weight is 196 g/mol. The summed E-state index contributed by atoms with van der Waals surface area (Å²) < 4.78 is 0. The van der Waals surface area contributed by atoms with E-state index in [0.717, 1.165) is 5.57 Å². The molecule has 1 rings (SSSR count). The lowest BCUT2D eigenvalue weighted by Gasteiger charge is -2.36. The van der Waals surface area contributed by atoms with Crippen molar-refractivity contribution in [2.24, 2.45) is 17.8 Å². The number of hydrogen-bond donors (Lipinski definition) is 0. The van der Waals surface area contributed by atoms with E-state index < -0.39 is 23.8 Å². The second kappa shape index (κ2) is 3.82. The van der Waals surface area contributed by atoms with Crippen LogP contribution >= 0.6 is 0 Å². The SMILES string of the molecule is CC1=C[C@@H](C)[C@@H](C(=O)[O-])[C@H](C(=O)[O-])C1. The molecule has 1 aliphatic carbocycles. The minimum Gasteiger partial charge on any atom is -0.550 e. The molecule has 0 aromatic heterocycles. The number of carbonyl (C=O) groups excluding carboxylic acids is 2. The number of allylic oxidation sites excluding steroid dienone is 2. The van der Waals surface area contributed by atoms with Crippen LogP contribution in [0.15, 0.2) is 11.6 Å². The van der Waals surface area contributed by atoms with E-state index in [1.165, 1.54) is 0 Å². The Morgan fingerprint density at radius 2 is 1.93 bits per heavy atom. The summed E-state index contributed by atoms with van der Waals surface area (Å²) >= 11 is 0. The molecule has 0 unspecified atom stereocenters. The molecule has 0 aromatic rings. The predicted octanol–water partition coefficient (Wildman–Crippen LogP) is -1.30. The topological polar surface area (TPSA) is 80.3 Å². The van der Waals surface area contributed by atoms with Crippen molar-refractivity contribution in [3.05, 3.63) is 11.6 Å². The van der Waals surface area contributed by atoms with E-state index in [9.17, 15) is 19.8 Å². The van der Waals surface area contributed by atoms with Crippen LogP contribution in [0.1, 0.15) is 20.3 Å². The largest absolute Gasteiger partial charge is 0.550 e. The maximum absolute atomic E-state index is 10.8. The van der Waals surface area contributed by atoms with Gasteiger partial charge in [-0.05, 0) is 19.3 Å². The van der Waals surface area contributed by atoms with Gasteiger partial charge in [0, 0.05) is 23.8 Å². The quantitative estimate of drug-likeness (QED) is 0.514. The first-order chi connectivity index (χ1) is 6.43. The number of rotatable bonds is 2. The Bertz CT molecular complexity index is 292. The van der Waals surface area contributed by atoms with E-state index >= 15 is 0 Å². The molecule has 0 saturated heterocycles. The van der Waals surface area contributed by atoms with E-state index in [1.54, 1.807) is 19.9 Å². The van der Waals surface area contributed by atoms with Crippen LogP contribution in [-0.2, 0) is 9.59 Å². The van der Waals surface area contributed by atoms with Crippen molar-refractivity contribution in [2.45, 2.75) is 20.3 Å². The molecule has 0 bridgehead atoms. The minimum atomic E-state index is -1.31. The van der Waals surface area contributed by atoms with E-state index in [4.69, 9.17) is 0 Å². The highest BCUT2D eigenvalue weighted by Gasteiger charge is 2.31. The molecule has 0 N–H and O–H groups in total. The fourth-order valence-corrected chi connectivity index (χ4v) is 2.07. The third-order valence-corrected chi connectivity index (χ3v) is 2.66. The standard InChI is InChI=1S/C10H14O4/c1-5-3-6(2)8(10(13)14)7(4-5)9(11)12/h3,6-8H,4H2,1-2H3,(H,11,12)(H,13,14)/p-2/t6-,7-,8-/m1/s1. The van der Waals surface area contributed by atoms with Gasteiger partial charge in [0.25, 0.3) is 0 Å². The lowest BCUT2D eigenvalue weighted by Crippen LogP contribution is -2.47. The molecule has 1 aliphatic rings. The minimum absolute atomic E-state index is 0.241. The van der Waals surface area contributed by atoms with Gasteiger partial charge in [0.1, 0.15) is 0 Å². The molecule has 0 radical (unpaired) electrons. The number of hydrogen-bond acceptors (Lipinski definition) is 4. The average Bonchev–Trinajstić information content (AvgIpc) is 2.01. The van der Waals surface area contributed by atoms with E-state index in [1.807, 2.05) is 0 Å². The first-order valence-electron chi connectivity index (χ1n) is 4.52. The summed E-state index contributed by atoms with van der Waals surface area (Å²) in [6, 6.07) is 0. The zero-order chi connectivity index (χ0) is 10.9. The van der Waals surface area contributed by atoms with Gasteiger partial charge in [0.15, 0.2) is 0 Å². The summed E-state index contributed by atoms with van der Waals surface area (Å²) in [4.78, 5) is 21.5. The van der Waals surface area contributed by atoms with Crippen molar-refractivity contribution in [3.8, 4) is 0 Å². The Morgan fingerprint density at radius 3 is 2.36 bits per heavy atom. The van der Waals surface area contributed by atoms with Crippen molar-refractivity contribution in [2.75, 3.05) is 0 Å². The number of carboxylic acid groups (broad SMARTS) is 2. The maximum atomic E-state index is 10.8. The number of aliphatic carboxylic acids is 2. The first kappa shape index (κ1) is 10.8. The van der Waals surface area contributed by atoms with Crippen molar-refractivity contribution >= 4 is 11.9 Å². The Morgan fingerprint density at radius 1 is 1.36 bits per heavy atom. The molecule has 0 spiro atoms. The van der Waals surface area contributed by atoms with Gasteiger partial charge in [-0.3, -0.25) is 0 Å². The van der Waals surface area contributed by atoms with Crippen molar-refractivity contribution in [1.29, 1.82) is 0 Å². The van der Waals surface area contributed by atoms with Crippen LogP contribution in [0.3, 0.4) is 0 Å². The highest BCUT2D eigenvalue weighted by atomic mass is 16.4. The Hall–Kier alpha value is -1.32. The number of carbonyl (C=O) groups is 2. The molecule has 0 aromatic carbocycles. The van der Waals surface area contributed by atoms with E-state index in [-0.39, 0.29) is 12.3 Å². The van der Waals surface area contributed by atoms with Gasteiger partial charge in [-0.2, -0.15) is 0 Å². The van der Waals surface area contributed by atoms with Crippen LogP contribution in [0.25, 0.3) is 0 Å². The van der Waals surface area contributed by atoms with Crippen LogP contribution < -0.4 is 10.2 Å². The summed E-state index contributed by atoms with van der Waals surface area (Å²) in [5, 5.41) is 21.5. The zero-order valence-corrected chi connectivity index (χ0v) is 8.15. The van der Waals surface area contributed by atoms with Gasteiger partial charge in [-0.1, -0.05) is 18.6 Å². The summed E-state index contributed by atoms with van der Waals surface area (Å²) in [7, 11) is 0. The Kier molecular flexibility index (Phi) is 2.93. The molecule has 4 nitrogen and oxygen atoms in total. The normalized spacial score (nSPS) is 32.1. The van der Waals surface area contributed by atoms with Gasteiger partial charge in [-0.15, -0.1) is 0 Å². The van der Waals surface area contributed by atoms with Crippen LogP contribution in [0.4, 0.5) is 0 Å². The molecule has 78 valence electrons. The molecule has 0 fully saturated rings. The van der Waals surface area contributed by atoms with E-state index in [2.05, 4.69) is 0 Å². The third kappa shape index (κ3) is 1.95. The highest BCUT2D eigenvalue weighted by molar-refractivity contribution is 5.79. The monoisotopic (exact) mass is 196 g/mol. The van der Waals surface area contributed by atoms with Crippen molar-refractivity contribution in [1.82, 2.24) is 0 Å². The fraction of sp³-hybridized carbons (Fsp3) is 0.600. The van der Waals surface area contributed by atoms with Gasteiger partial charge >= 0.3 is 0 Å². The summed E-state index contributed by atoms with van der Waals surface area (Å²) in [6.07, 6.45) is 2.02. The van der Waals surface area contributed by atoms with Crippen LogP contribution in [0, 0.1) is 17.8 Å². The first-order valence-corrected chi connectivity index (χ1v) is 4.52. The summed E-state index contributed by atoms with van der Waals surface area (Å²) in [5.41, 5.74) is 0.893. The highest BCUT2D eigenvalue weighted by Crippen LogP contribution is 2.33. The molecule has 3 atom stereocenters. The van der Waals surface area contributed by atoms with Crippen molar-refractivity contribution in [3.63, 3.8) is 0 Å².